The van der Waals surface area contributed by atoms with Gasteiger partial charge in [-0.2, -0.15) is 4.39 Å². The zero-order valence-electron chi connectivity index (χ0n) is 10.2. The van der Waals surface area contributed by atoms with E-state index < -0.39 is 54.1 Å². The van der Waals surface area contributed by atoms with Crippen LogP contribution in [-0.2, 0) is 4.74 Å². The van der Waals surface area contributed by atoms with Gasteiger partial charge < -0.3 is 20.1 Å². The number of ether oxygens (including phenoxy) is 1. The summed E-state index contributed by atoms with van der Waals surface area (Å²) in [5.41, 5.74) is -5.40. The van der Waals surface area contributed by atoms with Crippen LogP contribution >= 0.6 is 0 Å². The zero-order valence-corrected chi connectivity index (χ0v) is 10.2. The second kappa shape index (κ2) is 5.26. The molecule has 1 aromatic heterocycles. The summed E-state index contributed by atoms with van der Waals surface area (Å²) in [7, 11) is 0. The first kappa shape index (κ1) is 15.7. The van der Waals surface area contributed by atoms with Crippen LogP contribution in [0.3, 0.4) is 0 Å². The number of nitrogens with zero attached hydrogens (tertiary/aromatic N) is 1. The highest BCUT2D eigenvalue weighted by molar-refractivity contribution is 5.04. The van der Waals surface area contributed by atoms with Crippen molar-refractivity contribution in [3.8, 4) is 0 Å². The molecule has 1 aliphatic heterocycles. The molecule has 0 aromatic carbocycles. The quantitative estimate of drug-likeness (QED) is 0.508. The molecule has 0 amide bonds. The molecule has 0 saturated carbocycles. The molecule has 1 saturated heterocycles. The van der Waals surface area contributed by atoms with Gasteiger partial charge in [-0.1, -0.05) is 0 Å². The van der Waals surface area contributed by atoms with Crippen LogP contribution in [0.4, 0.5) is 13.2 Å². The highest BCUT2D eigenvalue weighted by Gasteiger charge is 2.60. The van der Waals surface area contributed by atoms with Gasteiger partial charge in [0.05, 0.1) is 12.8 Å². The molecule has 1 aliphatic rings. The predicted octanol–water partition coefficient (Wildman–Crippen LogP) is -2.08. The maximum atomic E-state index is 13.2. The highest BCUT2D eigenvalue weighted by Crippen LogP contribution is 2.40. The molecule has 0 bridgehead atoms. The maximum absolute atomic E-state index is 13.2. The van der Waals surface area contributed by atoms with Gasteiger partial charge in [0.25, 0.3) is 12.0 Å². The number of nitrogens with one attached hydrogen (secondary N) is 1. The Bertz CT molecular complexity index is 646. The lowest BCUT2D eigenvalue weighted by atomic mass is 9.96. The predicted molar refractivity (Wildman–Crippen MR) is 59.2 cm³/mol. The number of aliphatic hydroxyl groups excluding tert-OH is 3. The first-order valence-electron chi connectivity index (χ1n) is 5.68. The zero-order chi connectivity index (χ0) is 15.9. The van der Waals surface area contributed by atoms with Crippen molar-refractivity contribution in [1.82, 2.24) is 9.55 Å². The Hall–Kier alpha value is -1.69. The lowest BCUT2D eigenvalue weighted by molar-refractivity contribution is -0.196. The Morgan fingerprint density at radius 3 is 2.52 bits per heavy atom. The minimum atomic E-state index is -3.39. The van der Waals surface area contributed by atoms with Crippen LogP contribution in [0.15, 0.2) is 15.8 Å². The number of aliphatic hydroxyl groups is 3. The number of rotatable bonds is 3. The molecule has 4 atom stereocenters. The van der Waals surface area contributed by atoms with Gasteiger partial charge in [0.1, 0.15) is 12.2 Å². The summed E-state index contributed by atoms with van der Waals surface area (Å²) in [6, 6.07) is 0. The van der Waals surface area contributed by atoms with E-state index in [0.29, 0.717) is 10.8 Å². The van der Waals surface area contributed by atoms with E-state index in [4.69, 9.17) is 9.84 Å². The van der Waals surface area contributed by atoms with Crippen LogP contribution in [0.25, 0.3) is 0 Å². The SMILES string of the molecule is O=c1[nH]c(=O)n([C@@H]2O[C@@](CO)(C(F)F)[C@@H](O)[C@@H]2O)cc1F. The third-order valence-corrected chi connectivity index (χ3v) is 3.27. The van der Waals surface area contributed by atoms with Crippen molar-refractivity contribution in [2.45, 2.75) is 30.5 Å². The van der Waals surface area contributed by atoms with E-state index in [2.05, 4.69) is 0 Å². The summed E-state index contributed by atoms with van der Waals surface area (Å²) in [4.78, 5) is 24.0. The number of hydrogen-bond acceptors (Lipinski definition) is 6. The second-order valence-electron chi connectivity index (χ2n) is 4.50. The summed E-state index contributed by atoms with van der Waals surface area (Å²) in [5, 5.41) is 28.4. The highest BCUT2D eigenvalue weighted by atomic mass is 19.3. The standard InChI is InChI=1S/C10H11F3N2O6/c11-3-1-15(9(20)14-6(3)19)7-4(17)5(18)10(2-16,21-7)8(12)13/h1,4-5,7-8,16-18H,2H2,(H,14,19,20)/t4-,5-,7+,10+/m0/s1. The molecule has 2 rings (SSSR count). The molecule has 0 aliphatic carbocycles. The minimum Gasteiger partial charge on any atom is -0.393 e. The Balaban J connectivity index is 2.50. The fraction of sp³-hybridized carbons (Fsp3) is 0.600. The number of hydrogen-bond donors (Lipinski definition) is 4. The number of aromatic nitrogens is 2. The lowest BCUT2D eigenvalue weighted by Gasteiger charge is -2.28. The molecule has 4 N–H and O–H groups in total. The molecule has 0 spiro atoms. The van der Waals surface area contributed by atoms with Crippen LogP contribution in [0, 0.1) is 5.82 Å². The van der Waals surface area contributed by atoms with E-state index in [1.807, 2.05) is 0 Å². The smallest absolute Gasteiger partial charge is 0.330 e. The van der Waals surface area contributed by atoms with Crippen molar-refractivity contribution in [3.63, 3.8) is 0 Å². The van der Waals surface area contributed by atoms with Gasteiger partial charge in [-0.15, -0.1) is 0 Å². The Morgan fingerprint density at radius 2 is 2.05 bits per heavy atom. The molecule has 1 fully saturated rings. The second-order valence-corrected chi connectivity index (χ2v) is 4.50. The van der Waals surface area contributed by atoms with Crippen LogP contribution in [0.2, 0.25) is 0 Å². The molecule has 1 aromatic rings. The van der Waals surface area contributed by atoms with Crippen molar-refractivity contribution >= 4 is 0 Å². The largest absolute Gasteiger partial charge is 0.393 e. The van der Waals surface area contributed by atoms with Crippen LogP contribution < -0.4 is 11.2 Å². The number of halogens is 3. The first-order valence-corrected chi connectivity index (χ1v) is 5.68. The molecule has 0 radical (unpaired) electrons. The maximum Gasteiger partial charge on any atom is 0.330 e. The van der Waals surface area contributed by atoms with Gasteiger partial charge in [-0.05, 0) is 0 Å². The molecule has 21 heavy (non-hydrogen) atoms. The number of H-pyrrole nitrogens is 1. The first-order chi connectivity index (χ1) is 9.74. The Morgan fingerprint density at radius 1 is 1.43 bits per heavy atom. The summed E-state index contributed by atoms with van der Waals surface area (Å²) >= 11 is 0. The molecule has 0 unspecified atom stereocenters. The summed E-state index contributed by atoms with van der Waals surface area (Å²) < 4.78 is 44.2. The van der Waals surface area contributed by atoms with Gasteiger partial charge in [-0.25, -0.2) is 13.6 Å². The monoisotopic (exact) mass is 312 g/mol. The normalized spacial score (nSPS) is 32.8. The Kier molecular flexibility index (Phi) is 3.93. The van der Waals surface area contributed by atoms with Crippen molar-refractivity contribution in [3.05, 3.63) is 32.9 Å². The van der Waals surface area contributed by atoms with Gasteiger partial charge in [0.2, 0.25) is 5.82 Å². The minimum absolute atomic E-state index is 0.310. The fourth-order valence-electron chi connectivity index (χ4n) is 2.06. The van der Waals surface area contributed by atoms with Crippen molar-refractivity contribution < 1.29 is 33.2 Å². The van der Waals surface area contributed by atoms with Crippen molar-refractivity contribution in [2.24, 2.45) is 0 Å². The molecule has 11 heteroatoms. The van der Waals surface area contributed by atoms with E-state index in [1.54, 1.807) is 4.98 Å². The van der Waals surface area contributed by atoms with E-state index in [1.165, 1.54) is 0 Å². The molecular formula is C10H11F3N2O6. The lowest BCUT2D eigenvalue weighted by Crippen LogP contribution is -2.52. The van der Waals surface area contributed by atoms with Crippen molar-refractivity contribution in [1.29, 1.82) is 0 Å². The number of alkyl halides is 2. The number of aromatic amines is 1. The topological polar surface area (TPSA) is 125 Å². The molecular weight excluding hydrogens is 301 g/mol. The third-order valence-electron chi connectivity index (χ3n) is 3.27. The molecule has 2 heterocycles. The average Bonchev–Trinajstić information content (AvgIpc) is 2.68. The Labute approximate surface area is 114 Å². The molecule has 118 valence electrons. The van der Waals surface area contributed by atoms with Gasteiger partial charge in [0.15, 0.2) is 11.8 Å². The van der Waals surface area contributed by atoms with E-state index in [-0.39, 0.29) is 0 Å². The fourth-order valence-corrected chi connectivity index (χ4v) is 2.06. The van der Waals surface area contributed by atoms with Gasteiger partial charge in [-0.3, -0.25) is 14.3 Å². The van der Waals surface area contributed by atoms with E-state index in [0.717, 1.165) is 0 Å². The van der Waals surface area contributed by atoms with Crippen LogP contribution in [0.1, 0.15) is 6.23 Å². The summed E-state index contributed by atoms with van der Waals surface area (Å²) in [6.45, 7) is -1.35. The van der Waals surface area contributed by atoms with Gasteiger partial charge in [0, 0.05) is 0 Å². The summed E-state index contributed by atoms with van der Waals surface area (Å²) in [6.07, 6.45) is -9.22. The van der Waals surface area contributed by atoms with E-state index in [9.17, 15) is 33.0 Å². The van der Waals surface area contributed by atoms with E-state index >= 15 is 0 Å². The van der Waals surface area contributed by atoms with Crippen LogP contribution in [-0.4, -0.2) is 55.7 Å². The van der Waals surface area contributed by atoms with Gasteiger partial charge >= 0.3 is 5.69 Å². The third kappa shape index (κ3) is 2.27. The molecule has 8 nitrogen and oxygen atoms in total. The van der Waals surface area contributed by atoms with Crippen molar-refractivity contribution in [2.75, 3.05) is 6.61 Å². The van der Waals surface area contributed by atoms with Crippen LogP contribution in [0.5, 0.6) is 0 Å². The summed E-state index contributed by atoms with van der Waals surface area (Å²) in [5.74, 6) is -1.42. The average molecular weight is 312 g/mol.